The van der Waals surface area contributed by atoms with Crippen molar-refractivity contribution in [3.8, 4) is 0 Å². The second-order valence-corrected chi connectivity index (χ2v) is 8.41. The number of alkyl halides is 3. The van der Waals surface area contributed by atoms with Gasteiger partial charge in [-0.25, -0.2) is 0 Å². The van der Waals surface area contributed by atoms with Crippen LogP contribution < -0.4 is 15.7 Å². The maximum Gasteiger partial charge on any atom is 0.416 e. The fourth-order valence-corrected chi connectivity index (χ4v) is 4.30. The number of nitrogens with zero attached hydrogens (tertiary/aromatic N) is 1. The summed E-state index contributed by atoms with van der Waals surface area (Å²) in [5, 5.41) is 8.00. The molecule has 1 saturated heterocycles. The van der Waals surface area contributed by atoms with Gasteiger partial charge in [0.05, 0.1) is 5.69 Å². The lowest BCUT2D eigenvalue weighted by atomic mass is 9.92. The first-order valence-electron chi connectivity index (χ1n) is 11.0. The zero-order valence-electron chi connectivity index (χ0n) is 18.0. The van der Waals surface area contributed by atoms with Crippen LogP contribution in [-0.4, -0.2) is 30.8 Å². The molecule has 4 rings (SSSR count). The molecule has 2 heterocycles. The highest BCUT2D eigenvalue weighted by Crippen LogP contribution is 2.33. The molecule has 1 amide bonds. The quantitative estimate of drug-likeness (QED) is 0.688. The molecular formula is C24H28F3N3O2. The summed E-state index contributed by atoms with van der Waals surface area (Å²) in [4.78, 5) is 17.4. The summed E-state index contributed by atoms with van der Waals surface area (Å²) < 4.78 is 39.0. The van der Waals surface area contributed by atoms with Gasteiger partial charge in [0.1, 0.15) is 0 Å². The summed E-state index contributed by atoms with van der Waals surface area (Å²) in [6.45, 7) is 2.41. The van der Waals surface area contributed by atoms with Crippen LogP contribution in [0.15, 0.2) is 48.5 Å². The number of benzene rings is 2. The Balaban J connectivity index is 1.49. The van der Waals surface area contributed by atoms with Crippen molar-refractivity contribution in [3.05, 3.63) is 65.2 Å². The third-order valence-corrected chi connectivity index (χ3v) is 6.11. The Bertz CT molecular complexity index is 936. The Labute approximate surface area is 185 Å². The van der Waals surface area contributed by atoms with Crippen LogP contribution >= 0.6 is 0 Å². The summed E-state index contributed by atoms with van der Waals surface area (Å²) in [7, 11) is 0. The molecule has 0 spiro atoms. The Morgan fingerprint density at radius 3 is 2.72 bits per heavy atom. The van der Waals surface area contributed by atoms with Gasteiger partial charge in [-0.05, 0) is 55.5 Å². The molecule has 1 unspecified atom stereocenters. The van der Waals surface area contributed by atoms with Crippen LogP contribution in [0.3, 0.4) is 0 Å². The molecular weight excluding hydrogens is 419 g/mol. The highest BCUT2D eigenvalue weighted by Gasteiger charge is 2.41. The van der Waals surface area contributed by atoms with Gasteiger partial charge in [0.2, 0.25) is 0 Å². The number of hydrogen-bond acceptors (Lipinski definition) is 4. The number of amides is 1. The molecule has 2 aliphatic heterocycles. The molecule has 2 N–H and O–H groups in total. The summed E-state index contributed by atoms with van der Waals surface area (Å²) in [6, 6.07) is 16.3. The van der Waals surface area contributed by atoms with Crippen LogP contribution in [0.1, 0.15) is 48.9 Å². The zero-order chi connectivity index (χ0) is 22.7. The van der Waals surface area contributed by atoms with E-state index in [0.29, 0.717) is 18.7 Å². The van der Waals surface area contributed by atoms with Crippen LogP contribution in [-0.2, 0) is 22.6 Å². The highest BCUT2D eigenvalue weighted by molar-refractivity contribution is 5.94. The topological polar surface area (TPSA) is 53.6 Å². The second-order valence-electron chi connectivity index (χ2n) is 8.41. The number of carbonyl (C=O) groups excluding carboxylic acids is 1. The molecule has 32 heavy (non-hydrogen) atoms. The Morgan fingerprint density at radius 1 is 1.19 bits per heavy atom. The predicted molar refractivity (Wildman–Crippen MR) is 116 cm³/mol. The highest BCUT2D eigenvalue weighted by atomic mass is 19.4. The fraction of sp³-hybridized carbons (Fsp3) is 0.458. The Morgan fingerprint density at radius 2 is 1.97 bits per heavy atom. The van der Waals surface area contributed by atoms with Crippen molar-refractivity contribution >= 4 is 11.6 Å². The lowest BCUT2D eigenvalue weighted by Crippen LogP contribution is -2.45. The van der Waals surface area contributed by atoms with E-state index in [1.54, 1.807) is 6.07 Å². The van der Waals surface area contributed by atoms with Gasteiger partial charge in [0, 0.05) is 25.0 Å². The van der Waals surface area contributed by atoms with Gasteiger partial charge in [-0.2, -0.15) is 18.2 Å². The van der Waals surface area contributed by atoms with Gasteiger partial charge in [0.25, 0.3) is 5.91 Å². The summed E-state index contributed by atoms with van der Waals surface area (Å²) in [6.07, 6.45) is -3.91. The molecule has 1 fully saturated rings. The maximum absolute atomic E-state index is 13.0. The number of carbonyl (C=O) groups is 1. The third-order valence-electron chi connectivity index (χ3n) is 6.11. The minimum absolute atomic E-state index is 0.127. The van der Waals surface area contributed by atoms with E-state index in [1.165, 1.54) is 5.56 Å². The number of anilines is 1. The van der Waals surface area contributed by atoms with Crippen LogP contribution in [0, 0.1) is 0 Å². The van der Waals surface area contributed by atoms with Crippen LogP contribution in [0.4, 0.5) is 18.9 Å². The van der Waals surface area contributed by atoms with Crippen LogP contribution in [0.5, 0.6) is 0 Å². The van der Waals surface area contributed by atoms with Crippen molar-refractivity contribution in [3.63, 3.8) is 0 Å². The summed E-state index contributed by atoms with van der Waals surface area (Å²) >= 11 is 0. The van der Waals surface area contributed by atoms with E-state index >= 15 is 0 Å². The van der Waals surface area contributed by atoms with Crippen molar-refractivity contribution in [1.82, 2.24) is 10.6 Å². The molecule has 0 radical (unpaired) electrons. The van der Waals surface area contributed by atoms with Gasteiger partial charge in [-0.3, -0.25) is 9.63 Å². The number of hydrogen-bond donors (Lipinski definition) is 2. The molecule has 172 valence electrons. The summed E-state index contributed by atoms with van der Waals surface area (Å²) in [5.74, 6) is -0.459. The number of rotatable bonds is 6. The first kappa shape index (κ1) is 22.8. The molecule has 3 atom stereocenters. The minimum atomic E-state index is -4.54. The van der Waals surface area contributed by atoms with Gasteiger partial charge in [-0.15, -0.1) is 0 Å². The van der Waals surface area contributed by atoms with E-state index in [2.05, 4.69) is 22.8 Å². The van der Waals surface area contributed by atoms with Crippen molar-refractivity contribution < 1.29 is 22.8 Å². The Kier molecular flexibility index (Phi) is 6.83. The molecule has 0 aliphatic carbocycles. The number of hydroxylamine groups is 1. The van der Waals surface area contributed by atoms with E-state index in [0.717, 1.165) is 42.5 Å². The number of aryl methyl sites for hydroxylation is 1. The first-order valence-corrected chi connectivity index (χ1v) is 11.0. The van der Waals surface area contributed by atoms with E-state index in [4.69, 9.17) is 4.84 Å². The van der Waals surface area contributed by atoms with Crippen molar-refractivity contribution in [2.45, 2.75) is 63.5 Å². The fourth-order valence-electron chi connectivity index (χ4n) is 4.30. The van der Waals surface area contributed by atoms with E-state index in [1.807, 2.05) is 30.3 Å². The number of piperidine rings is 1. The number of nitrogens with one attached hydrogen (secondary N) is 2. The van der Waals surface area contributed by atoms with Crippen molar-refractivity contribution in [2.75, 3.05) is 11.6 Å². The van der Waals surface area contributed by atoms with E-state index in [-0.39, 0.29) is 18.5 Å². The second kappa shape index (κ2) is 9.60. The monoisotopic (exact) mass is 447 g/mol. The smallest absolute Gasteiger partial charge is 0.309 e. The van der Waals surface area contributed by atoms with Gasteiger partial charge in [-0.1, -0.05) is 42.5 Å². The normalized spacial score (nSPS) is 22.5. The third kappa shape index (κ3) is 5.14. The largest absolute Gasteiger partial charge is 0.416 e. The van der Waals surface area contributed by atoms with Crippen LogP contribution in [0.25, 0.3) is 0 Å². The molecule has 8 heteroatoms. The lowest BCUT2D eigenvalue weighted by molar-refractivity contribution is -0.218. The molecule has 0 aromatic heterocycles. The van der Waals surface area contributed by atoms with E-state index in [9.17, 15) is 18.0 Å². The van der Waals surface area contributed by atoms with Crippen molar-refractivity contribution in [2.24, 2.45) is 0 Å². The number of halogens is 3. The zero-order valence-corrected chi connectivity index (χ0v) is 18.0. The van der Waals surface area contributed by atoms with Gasteiger partial charge < -0.3 is 10.6 Å². The molecule has 2 aliphatic rings. The average molecular weight is 448 g/mol. The average Bonchev–Trinajstić information content (AvgIpc) is 2.79. The molecule has 5 nitrogen and oxygen atoms in total. The lowest BCUT2D eigenvalue weighted by Gasteiger charge is -2.34. The SMILES string of the molecule is CC(ON1C(=O)CCc2ccc(CN[C@H]3CCCN[C@H]3c3ccccc3)cc21)C(F)(F)F. The molecule has 2 aromatic carbocycles. The van der Waals surface area contributed by atoms with Gasteiger partial charge in [0.15, 0.2) is 6.10 Å². The Hall–Kier alpha value is -2.42. The standard InChI is InChI=1S/C24H28F3N3O2/c1-16(24(25,26)27)32-30-21-14-17(9-10-18(21)11-12-22(30)31)15-29-20-8-5-13-28-23(20)19-6-3-2-4-7-19/h2-4,6-7,9-10,14,16,20,23,28-29H,5,8,11-13,15H2,1H3/t16?,20-,23-/m0/s1. The molecule has 2 aromatic rings. The minimum Gasteiger partial charge on any atom is -0.309 e. The first-order chi connectivity index (χ1) is 15.3. The maximum atomic E-state index is 13.0. The predicted octanol–water partition coefficient (Wildman–Crippen LogP) is 4.43. The van der Waals surface area contributed by atoms with Crippen molar-refractivity contribution in [1.29, 1.82) is 0 Å². The van der Waals surface area contributed by atoms with E-state index < -0.39 is 18.2 Å². The summed E-state index contributed by atoms with van der Waals surface area (Å²) in [5.41, 5.74) is 3.33. The van der Waals surface area contributed by atoms with Gasteiger partial charge >= 0.3 is 6.18 Å². The molecule has 0 bridgehead atoms. The van der Waals surface area contributed by atoms with Crippen LogP contribution in [0.2, 0.25) is 0 Å². The molecule has 0 saturated carbocycles. The number of fused-ring (bicyclic) bond motifs is 1.